The normalized spacial score (nSPS) is 10.0. The van der Waals surface area contributed by atoms with Gasteiger partial charge in [0.1, 0.15) is 11.5 Å². The molecule has 0 saturated heterocycles. The molecule has 2 N–H and O–H groups in total. The lowest BCUT2D eigenvalue weighted by Gasteiger charge is -2.09. The van der Waals surface area contributed by atoms with Crippen LogP contribution in [0.4, 0.5) is 5.69 Å². The number of phenols is 1. The van der Waals surface area contributed by atoms with Crippen molar-refractivity contribution in [2.24, 2.45) is 0 Å². The van der Waals surface area contributed by atoms with Gasteiger partial charge in [0.15, 0.2) is 0 Å². The molecule has 0 fully saturated rings. The van der Waals surface area contributed by atoms with Crippen molar-refractivity contribution in [3.63, 3.8) is 0 Å². The smallest absolute Gasteiger partial charge is 0.259 e. The Morgan fingerprint density at radius 1 is 1.37 bits per heavy atom. The number of aromatic nitrogens is 1. The fourth-order valence-electron chi connectivity index (χ4n) is 1.61. The third-order valence-corrected chi connectivity index (χ3v) is 2.74. The molecular formula is C14H14N2O3. The number of carbonyl (C=O) groups is 1. The third kappa shape index (κ3) is 2.82. The number of benzene rings is 1. The van der Waals surface area contributed by atoms with E-state index in [1.165, 1.54) is 19.2 Å². The number of hydrogen-bond donors (Lipinski definition) is 2. The second-order valence-electron chi connectivity index (χ2n) is 4.03. The molecule has 5 nitrogen and oxygen atoms in total. The van der Waals surface area contributed by atoms with Crippen LogP contribution in [0.1, 0.15) is 15.9 Å². The van der Waals surface area contributed by atoms with Crippen molar-refractivity contribution in [2.45, 2.75) is 6.92 Å². The van der Waals surface area contributed by atoms with Crippen LogP contribution < -0.4 is 10.1 Å². The summed E-state index contributed by atoms with van der Waals surface area (Å²) in [6.45, 7) is 1.87. The summed E-state index contributed by atoms with van der Waals surface area (Å²) >= 11 is 0. The first-order chi connectivity index (χ1) is 9.11. The van der Waals surface area contributed by atoms with Gasteiger partial charge in [0.05, 0.1) is 24.6 Å². The van der Waals surface area contributed by atoms with E-state index in [1.807, 2.05) is 6.92 Å². The quantitative estimate of drug-likeness (QED) is 0.886. The van der Waals surface area contributed by atoms with Crippen molar-refractivity contribution in [1.29, 1.82) is 0 Å². The Kier molecular flexibility index (Phi) is 3.66. The van der Waals surface area contributed by atoms with Crippen molar-refractivity contribution in [2.75, 3.05) is 12.4 Å². The number of anilines is 1. The van der Waals surface area contributed by atoms with E-state index in [0.717, 1.165) is 5.56 Å². The SMILES string of the molecule is COc1ccc(C(=O)Nc2cnccc2C)c(O)c1. The summed E-state index contributed by atoms with van der Waals surface area (Å²) in [5.74, 6) is -0.0266. The highest BCUT2D eigenvalue weighted by Gasteiger charge is 2.13. The van der Waals surface area contributed by atoms with E-state index in [0.29, 0.717) is 11.4 Å². The summed E-state index contributed by atoms with van der Waals surface area (Å²) in [5, 5.41) is 12.5. The predicted molar refractivity (Wildman–Crippen MR) is 71.6 cm³/mol. The van der Waals surface area contributed by atoms with Gasteiger partial charge in [-0.05, 0) is 30.7 Å². The van der Waals surface area contributed by atoms with Crippen LogP contribution in [0.3, 0.4) is 0 Å². The van der Waals surface area contributed by atoms with Crippen LogP contribution in [0.25, 0.3) is 0 Å². The molecule has 1 aromatic heterocycles. The molecule has 0 unspecified atom stereocenters. The summed E-state index contributed by atoms with van der Waals surface area (Å²) in [6.07, 6.45) is 3.21. The van der Waals surface area contributed by atoms with Crippen LogP contribution in [0.5, 0.6) is 11.5 Å². The van der Waals surface area contributed by atoms with Crippen molar-refractivity contribution < 1.29 is 14.6 Å². The zero-order valence-corrected chi connectivity index (χ0v) is 10.7. The number of nitrogens with zero attached hydrogens (tertiary/aromatic N) is 1. The predicted octanol–water partition coefficient (Wildman–Crippen LogP) is 2.36. The fourth-order valence-corrected chi connectivity index (χ4v) is 1.61. The maximum Gasteiger partial charge on any atom is 0.259 e. The number of aryl methyl sites for hydroxylation is 1. The average molecular weight is 258 g/mol. The number of phenolic OH excluding ortho intramolecular Hbond substituents is 1. The number of ether oxygens (including phenoxy) is 1. The van der Waals surface area contributed by atoms with Gasteiger partial charge in [0.25, 0.3) is 5.91 Å². The fraction of sp³-hybridized carbons (Fsp3) is 0.143. The van der Waals surface area contributed by atoms with Gasteiger partial charge >= 0.3 is 0 Å². The first-order valence-electron chi connectivity index (χ1n) is 5.71. The molecule has 98 valence electrons. The van der Waals surface area contributed by atoms with Crippen LogP contribution in [0.15, 0.2) is 36.7 Å². The van der Waals surface area contributed by atoms with Gasteiger partial charge in [-0.25, -0.2) is 0 Å². The minimum atomic E-state index is -0.392. The Balaban J connectivity index is 2.23. The molecule has 2 rings (SSSR count). The second-order valence-corrected chi connectivity index (χ2v) is 4.03. The molecule has 0 aliphatic heterocycles. The maximum absolute atomic E-state index is 12.0. The molecule has 0 atom stereocenters. The maximum atomic E-state index is 12.0. The van der Waals surface area contributed by atoms with E-state index in [4.69, 9.17) is 4.74 Å². The minimum Gasteiger partial charge on any atom is -0.507 e. The van der Waals surface area contributed by atoms with E-state index in [2.05, 4.69) is 10.3 Å². The van der Waals surface area contributed by atoms with Crippen LogP contribution in [0, 0.1) is 6.92 Å². The van der Waals surface area contributed by atoms with E-state index in [1.54, 1.807) is 24.5 Å². The van der Waals surface area contributed by atoms with Gasteiger partial charge in [-0.15, -0.1) is 0 Å². The highest BCUT2D eigenvalue weighted by Crippen LogP contribution is 2.24. The zero-order chi connectivity index (χ0) is 13.8. The third-order valence-electron chi connectivity index (χ3n) is 2.74. The van der Waals surface area contributed by atoms with E-state index in [-0.39, 0.29) is 11.3 Å². The lowest BCUT2D eigenvalue weighted by Crippen LogP contribution is -2.13. The number of amides is 1. The molecule has 0 spiro atoms. The monoisotopic (exact) mass is 258 g/mol. The molecule has 2 aromatic rings. The number of hydrogen-bond acceptors (Lipinski definition) is 4. The van der Waals surface area contributed by atoms with Crippen LogP contribution in [-0.4, -0.2) is 23.1 Å². The largest absolute Gasteiger partial charge is 0.507 e. The number of nitrogens with one attached hydrogen (secondary N) is 1. The zero-order valence-electron chi connectivity index (χ0n) is 10.7. The molecule has 0 saturated carbocycles. The number of methoxy groups -OCH3 is 1. The standard InChI is InChI=1S/C14H14N2O3/c1-9-5-6-15-8-12(9)16-14(18)11-4-3-10(19-2)7-13(11)17/h3-8,17H,1-2H3,(H,16,18). The second kappa shape index (κ2) is 5.39. The summed E-state index contributed by atoms with van der Waals surface area (Å²) in [4.78, 5) is 16.0. The van der Waals surface area contributed by atoms with Crippen molar-refractivity contribution >= 4 is 11.6 Å². The van der Waals surface area contributed by atoms with Gasteiger partial charge in [0, 0.05) is 12.3 Å². The molecule has 5 heteroatoms. The molecule has 1 heterocycles. The number of rotatable bonds is 3. The first kappa shape index (κ1) is 12.9. The molecule has 1 aromatic carbocycles. The van der Waals surface area contributed by atoms with Crippen molar-refractivity contribution in [3.8, 4) is 11.5 Å². The Labute approximate surface area is 110 Å². The van der Waals surface area contributed by atoms with E-state index >= 15 is 0 Å². The van der Waals surface area contributed by atoms with Crippen molar-refractivity contribution in [1.82, 2.24) is 4.98 Å². The summed E-state index contributed by atoms with van der Waals surface area (Å²) in [7, 11) is 1.49. The highest BCUT2D eigenvalue weighted by molar-refractivity contribution is 6.06. The number of pyridine rings is 1. The van der Waals surface area contributed by atoms with Crippen LogP contribution in [0.2, 0.25) is 0 Å². The molecule has 0 radical (unpaired) electrons. The highest BCUT2D eigenvalue weighted by atomic mass is 16.5. The average Bonchev–Trinajstić information content (AvgIpc) is 2.41. The van der Waals surface area contributed by atoms with Gasteiger partial charge < -0.3 is 15.2 Å². The lowest BCUT2D eigenvalue weighted by atomic mass is 10.1. The number of aromatic hydroxyl groups is 1. The number of carbonyl (C=O) groups excluding carboxylic acids is 1. The van der Waals surface area contributed by atoms with Gasteiger partial charge in [0.2, 0.25) is 0 Å². The molecule has 0 aliphatic carbocycles. The molecule has 19 heavy (non-hydrogen) atoms. The van der Waals surface area contributed by atoms with Crippen LogP contribution in [-0.2, 0) is 0 Å². The summed E-state index contributed by atoms with van der Waals surface area (Å²) in [5.41, 5.74) is 1.70. The molecule has 0 aliphatic rings. The van der Waals surface area contributed by atoms with Gasteiger partial charge in [-0.3, -0.25) is 9.78 Å². The van der Waals surface area contributed by atoms with Gasteiger partial charge in [-0.2, -0.15) is 0 Å². The lowest BCUT2D eigenvalue weighted by molar-refractivity contribution is 0.102. The van der Waals surface area contributed by atoms with Crippen LogP contribution >= 0.6 is 0 Å². The Bertz CT molecular complexity index is 611. The molecule has 0 bridgehead atoms. The van der Waals surface area contributed by atoms with Crippen molar-refractivity contribution in [3.05, 3.63) is 47.8 Å². The Morgan fingerprint density at radius 2 is 2.16 bits per heavy atom. The summed E-state index contributed by atoms with van der Waals surface area (Å²) < 4.78 is 4.97. The molecule has 1 amide bonds. The Hall–Kier alpha value is -2.56. The van der Waals surface area contributed by atoms with E-state index in [9.17, 15) is 9.90 Å². The topological polar surface area (TPSA) is 71.5 Å². The van der Waals surface area contributed by atoms with Gasteiger partial charge in [-0.1, -0.05) is 0 Å². The minimum absolute atomic E-state index is 0.126. The first-order valence-corrected chi connectivity index (χ1v) is 5.71. The molecular weight excluding hydrogens is 244 g/mol. The summed E-state index contributed by atoms with van der Waals surface area (Å²) in [6, 6.07) is 6.31. The van der Waals surface area contributed by atoms with E-state index < -0.39 is 5.91 Å². The Morgan fingerprint density at radius 3 is 2.79 bits per heavy atom.